The maximum absolute atomic E-state index is 12.9. The molecule has 15 heteroatoms. The molecule has 5 N–H and O–H groups in total. The van der Waals surface area contributed by atoms with Crippen LogP contribution in [0.15, 0.2) is 20.3 Å². The smallest absolute Gasteiger partial charge is 0.342 e. The van der Waals surface area contributed by atoms with Crippen molar-refractivity contribution in [3.63, 3.8) is 0 Å². The molecule has 3 atom stereocenters. The Balaban J connectivity index is 1.67. The number of nitrogens with two attached hydrogens (primary N) is 1. The lowest BCUT2D eigenvalue weighted by Gasteiger charge is -2.56. The summed E-state index contributed by atoms with van der Waals surface area (Å²) in [5.41, 5.74) is 5.88. The number of ether oxygens (including phenoxy) is 1. The number of thioether (sulfide) groups is 2. The van der Waals surface area contributed by atoms with Gasteiger partial charge < -0.3 is 30.9 Å². The molecule has 0 spiro atoms. The van der Waals surface area contributed by atoms with Gasteiger partial charge in [0.05, 0.1) is 4.91 Å². The number of hydrogen-bond acceptors (Lipinski definition) is 11. The number of amides is 2. The summed E-state index contributed by atoms with van der Waals surface area (Å²) in [5.74, 6) is -2.94. The first kappa shape index (κ1) is 24.4. The molecule has 174 valence electrons. The van der Waals surface area contributed by atoms with Gasteiger partial charge in [0.1, 0.15) is 16.9 Å². The van der Waals surface area contributed by atoms with E-state index >= 15 is 0 Å². The molecule has 1 fully saturated rings. The van der Waals surface area contributed by atoms with E-state index in [2.05, 4.69) is 15.5 Å². The number of carboxylic acids is 2. The number of carbonyl (C=O) groups is 4. The van der Waals surface area contributed by atoms with Gasteiger partial charge in [-0.3, -0.25) is 14.4 Å². The summed E-state index contributed by atoms with van der Waals surface area (Å²) in [4.78, 5) is 49.5. The zero-order chi connectivity index (χ0) is 23.5. The number of carboxylic acid groups (broad SMARTS) is 2. The second kappa shape index (κ2) is 10.2. The van der Waals surface area contributed by atoms with E-state index in [1.807, 2.05) is 0 Å². The van der Waals surface area contributed by atoms with Gasteiger partial charge in [0.15, 0.2) is 4.34 Å². The molecule has 3 heterocycles. The zero-order valence-electron chi connectivity index (χ0n) is 16.8. The highest BCUT2D eigenvalue weighted by Gasteiger charge is 2.65. The molecule has 1 saturated heterocycles. The van der Waals surface area contributed by atoms with E-state index in [-0.39, 0.29) is 30.7 Å². The number of rotatable bonds is 11. The number of nitrogens with one attached hydrogen (secondary N) is 1. The molecule has 0 aliphatic carbocycles. The van der Waals surface area contributed by atoms with Crippen molar-refractivity contribution in [2.75, 3.05) is 19.4 Å². The highest BCUT2D eigenvalue weighted by atomic mass is 32.2. The first-order valence-electron chi connectivity index (χ1n) is 9.36. The average molecular weight is 504 g/mol. The first-order chi connectivity index (χ1) is 15.2. The van der Waals surface area contributed by atoms with Crippen LogP contribution in [0.4, 0.5) is 0 Å². The summed E-state index contributed by atoms with van der Waals surface area (Å²) in [7, 11) is 1.27. The molecule has 32 heavy (non-hydrogen) atoms. The van der Waals surface area contributed by atoms with Crippen LogP contribution < -0.4 is 11.1 Å². The fraction of sp³-hybridized carbons (Fsp3) is 0.529. The highest BCUT2D eigenvalue weighted by molar-refractivity contribution is 8.05. The average Bonchev–Trinajstić information content (AvgIpc) is 3.28. The van der Waals surface area contributed by atoms with Gasteiger partial charge in [0, 0.05) is 25.8 Å². The van der Waals surface area contributed by atoms with Gasteiger partial charge in [-0.2, -0.15) is 0 Å². The number of hydrogen-bond donors (Lipinski definition) is 4. The second-order valence-electron chi connectivity index (χ2n) is 6.96. The van der Waals surface area contributed by atoms with Gasteiger partial charge >= 0.3 is 11.9 Å². The fourth-order valence-electron chi connectivity index (χ4n) is 3.27. The van der Waals surface area contributed by atoms with Crippen molar-refractivity contribution < 1.29 is 34.1 Å². The summed E-state index contributed by atoms with van der Waals surface area (Å²) in [6.07, 6.45) is 0.257. The molecule has 0 unspecified atom stereocenters. The Morgan fingerprint density at radius 2 is 2.22 bits per heavy atom. The Hall–Kier alpha value is -2.20. The van der Waals surface area contributed by atoms with Gasteiger partial charge in [0.2, 0.25) is 5.91 Å². The summed E-state index contributed by atoms with van der Waals surface area (Å²) in [5, 5.41) is 28.0. The highest BCUT2D eigenvalue weighted by Crippen LogP contribution is 2.47. The lowest BCUT2D eigenvalue weighted by Crippen LogP contribution is -2.80. The molecule has 0 saturated carbocycles. The van der Waals surface area contributed by atoms with E-state index in [0.717, 1.165) is 11.8 Å². The third-order valence-electron chi connectivity index (χ3n) is 4.91. The maximum atomic E-state index is 12.9. The minimum Gasteiger partial charge on any atom is -0.480 e. The Kier molecular flexibility index (Phi) is 7.76. The lowest BCUT2D eigenvalue weighted by molar-refractivity contribution is -0.194. The fourth-order valence-corrected chi connectivity index (χ4v) is 6.20. The Morgan fingerprint density at radius 3 is 2.81 bits per heavy atom. The molecule has 12 nitrogen and oxygen atoms in total. The maximum Gasteiger partial charge on any atom is 0.342 e. The van der Waals surface area contributed by atoms with Crippen LogP contribution in [0, 0.1) is 0 Å². The second-order valence-corrected chi connectivity index (χ2v) is 10.1. The summed E-state index contributed by atoms with van der Waals surface area (Å²) in [6, 6.07) is -1.08. The van der Waals surface area contributed by atoms with Crippen molar-refractivity contribution in [3.8, 4) is 0 Å². The molecule has 0 aromatic carbocycles. The quantitative estimate of drug-likeness (QED) is 0.179. The van der Waals surface area contributed by atoms with Crippen LogP contribution in [-0.4, -0.2) is 85.6 Å². The predicted molar refractivity (Wildman–Crippen MR) is 116 cm³/mol. The van der Waals surface area contributed by atoms with Crippen LogP contribution in [0.2, 0.25) is 0 Å². The Bertz CT molecular complexity index is 941. The number of nitrogens with zero attached hydrogens (tertiary/aromatic N) is 3. The number of aliphatic carboxylic acids is 2. The lowest BCUT2D eigenvalue weighted by atomic mass is 9.99. The molecule has 0 radical (unpaired) electrons. The standard InChI is InChI=1S/C17H21N5O7S3/c1-29-17(20-10(23)4-2-3-9(18)12(24)25)14(28)22-5-8(6-30-16-21-19-7-31-16)11(13(26)27)32-15(17)22/h7,9,15H,2-6,18H2,1H3,(H,20,23)(H,24,25)(H,26,27)/t9-,15+,17+/m1/s1. The van der Waals surface area contributed by atoms with Crippen LogP contribution in [0.5, 0.6) is 0 Å². The largest absolute Gasteiger partial charge is 0.480 e. The van der Waals surface area contributed by atoms with Crippen molar-refractivity contribution in [1.82, 2.24) is 20.4 Å². The van der Waals surface area contributed by atoms with E-state index in [0.29, 0.717) is 15.7 Å². The van der Waals surface area contributed by atoms with Gasteiger partial charge in [-0.1, -0.05) is 34.9 Å². The number of aromatic nitrogens is 2. The molecular weight excluding hydrogens is 482 g/mol. The predicted octanol–water partition coefficient (Wildman–Crippen LogP) is -0.0749. The molecule has 0 bridgehead atoms. The van der Waals surface area contributed by atoms with Crippen LogP contribution in [-0.2, 0) is 23.9 Å². The van der Waals surface area contributed by atoms with Gasteiger partial charge in [-0.05, 0) is 18.4 Å². The Labute approximate surface area is 194 Å². The minimum atomic E-state index is -1.69. The molecule has 2 aliphatic heterocycles. The monoisotopic (exact) mass is 503 g/mol. The van der Waals surface area contributed by atoms with Crippen molar-refractivity contribution in [2.24, 2.45) is 5.73 Å². The Morgan fingerprint density at radius 1 is 1.47 bits per heavy atom. The molecule has 3 rings (SSSR count). The first-order valence-corrected chi connectivity index (χ1v) is 12.1. The molecule has 2 amide bonds. The molecule has 1 aromatic heterocycles. The van der Waals surface area contributed by atoms with E-state index in [1.165, 1.54) is 35.1 Å². The number of β-lactam (4-membered cyclic amide) rings is 1. The number of methoxy groups -OCH3 is 1. The molecule has 2 aliphatic rings. The van der Waals surface area contributed by atoms with Gasteiger partial charge in [-0.15, -0.1) is 10.2 Å². The van der Waals surface area contributed by atoms with Crippen LogP contribution in [0.1, 0.15) is 19.3 Å². The number of fused-ring (bicyclic) bond motifs is 1. The van der Waals surface area contributed by atoms with Crippen LogP contribution >= 0.6 is 34.9 Å². The van der Waals surface area contributed by atoms with Crippen molar-refractivity contribution in [2.45, 2.75) is 40.7 Å². The van der Waals surface area contributed by atoms with Gasteiger partial charge in [0.25, 0.3) is 11.6 Å². The van der Waals surface area contributed by atoms with Crippen molar-refractivity contribution in [1.29, 1.82) is 0 Å². The van der Waals surface area contributed by atoms with Crippen molar-refractivity contribution in [3.05, 3.63) is 16.0 Å². The summed E-state index contributed by atoms with van der Waals surface area (Å²) in [6.45, 7) is 0.0956. The topological polar surface area (TPSA) is 185 Å². The third kappa shape index (κ3) is 4.91. The van der Waals surface area contributed by atoms with E-state index in [4.69, 9.17) is 15.6 Å². The van der Waals surface area contributed by atoms with Gasteiger partial charge in [-0.25, -0.2) is 4.79 Å². The van der Waals surface area contributed by atoms with E-state index < -0.39 is 40.9 Å². The van der Waals surface area contributed by atoms with Crippen LogP contribution in [0.3, 0.4) is 0 Å². The zero-order valence-corrected chi connectivity index (χ0v) is 19.3. The minimum absolute atomic E-state index is 0.0534. The summed E-state index contributed by atoms with van der Waals surface area (Å²) < 4.78 is 6.06. The molecular formula is C17H21N5O7S3. The SMILES string of the molecule is CO[C@@]1(NC(=O)CCC[C@@H](N)C(=O)O)C(=O)N2CC(CSc3nncs3)=C(C(=O)O)S[C@H]21. The van der Waals surface area contributed by atoms with E-state index in [1.54, 1.807) is 5.51 Å². The van der Waals surface area contributed by atoms with Crippen molar-refractivity contribution >= 4 is 58.6 Å². The van der Waals surface area contributed by atoms with E-state index in [9.17, 15) is 24.3 Å². The van der Waals surface area contributed by atoms with Crippen LogP contribution in [0.25, 0.3) is 0 Å². The normalized spacial score (nSPS) is 23.4. The summed E-state index contributed by atoms with van der Waals surface area (Å²) >= 11 is 3.61. The molecule has 1 aromatic rings. The number of carbonyl (C=O) groups excluding carboxylic acids is 2. The third-order valence-corrected chi connectivity index (χ3v) is 8.36.